The fraction of sp³-hybridized carbons (Fsp3) is 0.538. The van der Waals surface area contributed by atoms with Crippen LogP contribution in [0, 0.1) is 5.82 Å². The first-order valence-corrected chi connectivity index (χ1v) is 6.45. The van der Waals surface area contributed by atoms with Gasteiger partial charge in [0.05, 0.1) is 11.6 Å². The van der Waals surface area contributed by atoms with Crippen LogP contribution in [0.25, 0.3) is 0 Å². The first-order valence-electron chi connectivity index (χ1n) is 6.07. The summed E-state index contributed by atoms with van der Waals surface area (Å²) in [4.78, 5) is 0. The highest BCUT2D eigenvalue weighted by Gasteiger charge is 2.12. The van der Waals surface area contributed by atoms with E-state index in [0.717, 1.165) is 13.0 Å². The maximum absolute atomic E-state index is 12.8. The highest BCUT2D eigenvalue weighted by atomic mass is 35.5. The molecular formula is C13H17ClFNO. The molecule has 17 heavy (non-hydrogen) atoms. The molecule has 0 spiro atoms. The van der Waals surface area contributed by atoms with E-state index in [9.17, 15) is 4.39 Å². The Morgan fingerprint density at radius 3 is 3.00 bits per heavy atom. The van der Waals surface area contributed by atoms with E-state index in [4.69, 9.17) is 16.3 Å². The van der Waals surface area contributed by atoms with Gasteiger partial charge in [0.25, 0.3) is 0 Å². The van der Waals surface area contributed by atoms with Gasteiger partial charge in [-0.1, -0.05) is 18.0 Å². The maximum Gasteiger partial charge on any atom is 0.138 e. The van der Waals surface area contributed by atoms with Crippen molar-refractivity contribution >= 4 is 11.6 Å². The molecule has 0 saturated carbocycles. The van der Waals surface area contributed by atoms with Crippen LogP contribution in [0.2, 0.25) is 5.02 Å². The molecular weight excluding hydrogens is 241 g/mol. The number of halogens is 2. The number of nitrogens with one attached hydrogen (secondary N) is 1. The Morgan fingerprint density at radius 1 is 1.41 bits per heavy atom. The lowest BCUT2D eigenvalue weighted by molar-refractivity contribution is 0.268. The van der Waals surface area contributed by atoms with Crippen molar-refractivity contribution in [2.75, 3.05) is 13.2 Å². The largest absolute Gasteiger partial charge is 0.492 e. The normalized spacial score (nSPS) is 20.2. The smallest absolute Gasteiger partial charge is 0.138 e. The third-order valence-corrected chi connectivity index (χ3v) is 3.33. The van der Waals surface area contributed by atoms with E-state index in [1.165, 1.54) is 31.4 Å². The average Bonchev–Trinajstić information content (AvgIpc) is 2.33. The van der Waals surface area contributed by atoms with Gasteiger partial charge >= 0.3 is 0 Å². The zero-order valence-electron chi connectivity index (χ0n) is 9.72. The molecule has 0 bridgehead atoms. The van der Waals surface area contributed by atoms with Crippen molar-refractivity contribution in [1.29, 1.82) is 0 Å². The van der Waals surface area contributed by atoms with Crippen molar-refractivity contribution in [1.82, 2.24) is 5.32 Å². The van der Waals surface area contributed by atoms with Crippen molar-refractivity contribution in [3.05, 3.63) is 29.0 Å². The van der Waals surface area contributed by atoms with Gasteiger partial charge in [-0.15, -0.1) is 0 Å². The van der Waals surface area contributed by atoms with E-state index < -0.39 is 0 Å². The minimum absolute atomic E-state index is 0.335. The Kier molecular flexibility index (Phi) is 4.63. The van der Waals surface area contributed by atoms with Crippen molar-refractivity contribution in [3.63, 3.8) is 0 Å². The van der Waals surface area contributed by atoms with Gasteiger partial charge in [0, 0.05) is 6.04 Å². The van der Waals surface area contributed by atoms with E-state index in [1.807, 2.05) is 0 Å². The van der Waals surface area contributed by atoms with Crippen LogP contribution in [-0.2, 0) is 0 Å². The molecule has 1 atom stereocenters. The van der Waals surface area contributed by atoms with Crippen LogP contribution in [0.4, 0.5) is 4.39 Å². The monoisotopic (exact) mass is 257 g/mol. The molecule has 1 aromatic rings. The summed E-state index contributed by atoms with van der Waals surface area (Å²) in [6, 6.07) is 4.75. The lowest BCUT2D eigenvalue weighted by Gasteiger charge is -2.23. The lowest BCUT2D eigenvalue weighted by Crippen LogP contribution is -2.35. The van der Waals surface area contributed by atoms with E-state index in [-0.39, 0.29) is 5.82 Å². The quantitative estimate of drug-likeness (QED) is 0.893. The zero-order chi connectivity index (χ0) is 12.1. The molecule has 0 amide bonds. The summed E-state index contributed by atoms with van der Waals surface area (Å²) in [6.07, 6.45) is 4.73. The predicted octanol–water partition coefficient (Wildman–Crippen LogP) is 3.39. The minimum atomic E-state index is -0.337. The van der Waals surface area contributed by atoms with Crippen LogP contribution in [-0.4, -0.2) is 19.2 Å². The van der Waals surface area contributed by atoms with Gasteiger partial charge in [0.2, 0.25) is 0 Å². The van der Waals surface area contributed by atoms with Crippen LogP contribution < -0.4 is 10.1 Å². The van der Waals surface area contributed by atoms with Crippen molar-refractivity contribution < 1.29 is 9.13 Å². The molecule has 1 unspecified atom stereocenters. The Morgan fingerprint density at radius 2 is 2.29 bits per heavy atom. The number of hydrogen-bond acceptors (Lipinski definition) is 2. The molecule has 4 heteroatoms. The first kappa shape index (κ1) is 12.7. The Hall–Kier alpha value is -0.800. The molecule has 1 heterocycles. The summed E-state index contributed by atoms with van der Waals surface area (Å²) in [5.74, 6) is 0.222. The molecule has 94 valence electrons. The molecule has 0 radical (unpaired) electrons. The second-order valence-corrected chi connectivity index (χ2v) is 4.77. The summed E-state index contributed by atoms with van der Waals surface area (Å²) < 4.78 is 18.4. The molecule has 1 aromatic carbocycles. The molecule has 0 aromatic heterocycles. The van der Waals surface area contributed by atoms with Gasteiger partial charge in [-0.3, -0.25) is 0 Å². The second-order valence-electron chi connectivity index (χ2n) is 4.36. The molecule has 2 nitrogen and oxygen atoms in total. The topological polar surface area (TPSA) is 21.3 Å². The summed E-state index contributed by atoms with van der Waals surface area (Å²) in [6.45, 7) is 1.71. The standard InChI is InChI=1S/C13H17ClFNO/c14-12-9-10(15)4-5-13(12)17-8-6-11-3-1-2-7-16-11/h4-5,9,11,16H,1-3,6-8H2. The van der Waals surface area contributed by atoms with E-state index in [1.54, 1.807) is 6.07 Å². The molecule has 2 rings (SSSR count). The van der Waals surface area contributed by atoms with Crippen LogP contribution in [0.1, 0.15) is 25.7 Å². The number of ether oxygens (including phenoxy) is 1. The van der Waals surface area contributed by atoms with Crippen molar-refractivity contribution in [2.45, 2.75) is 31.7 Å². The third kappa shape index (κ3) is 3.86. The number of piperidine rings is 1. The van der Waals surface area contributed by atoms with Gasteiger partial charge < -0.3 is 10.1 Å². The van der Waals surface area contributed by atoms with Crippen molar-refractivity contribution in [2.24, 2.45) is 0 Å². The predicted molar refractivity (Wildman–Crippen MR) is 67.2 cm³/mol. The molecule has 1 fully saturated rings. The number of rotatable bonds is 4. The molecule has 0 aliphatic carbocycles. The van der Waals surface area contributed by atoms with Crippen LogP contribution >= 0.6 is 11.6 Å². The third-order valence-electron chi connectivity index (χ3n) is 3.03. The van der Waals surface area contributed by atoms with E-state index in [0.29, 0.717) is 23.4 Å². The SMILES string of the molecule is Fc1ccc(OCCC2CCCCN2)c(Cl)c1. The van der Waals surface area contributed by atoms with Crippen LogP contribution in [0.3, 0.4) is 0 Å². The fourth-order valence-corrected chi connectivity index (χ4v) is 2.30. The average molecular weight is 258 g/mol. The summed E-state index contributed by atoms with van der Waals surface area (Å²) in [7, 11) is 0. The highest BCUT2D eigenvalue weighted by molar-refractivity contribution is 6.32. The van der Waals surface area contributed by atoms with Gasteiger partial charge in [-0.25, -0.2) is 4.39 Å². The fourth-order valence-electron chi connectivity index (χ4n) is 2.07. The van der Waals surface area contributed by atoms with Gasteiger partial charge in [0.15, 0.2) is 0 Å². The van der Waals surface area contributed by atoms with Gasteiger partial charge in [-0.2, -0.15) is 0 Å². The Bertz CT molecular complexity index is 366. The first-order chi connectivity index (χ1) is 8.25. The van der Waals surface area contributed by atoms with E-state index >= 15 is 0 Å². The molecule has 1 N–H and O–H groups in total. The van der Waals surface area contributed by atoms with E-state index in [2.05, 4.69) is 5.32 Å². The minimum Gasteiger partial charge on any atom is -0.492 e. The molecule has 1 aliphatic rings. The lowest BCUT2D eigenvalue weighted by atomic mass is 10.0. The summed E-state index contributed by atoms with van der Waals surface area (Å²) in [5, 5.41) is 3.79. The molecule has 1 saturated heterocycles. The molecule has 1 aliphatic heterocycles. The number of hydrogen-bond donors (Lipinski definition) is 1. The number of benzene rings is 1. The zero-order valence-corrected chi connectivity index (χ0v) is 10.5. The summed E-state index contributed by atoms with van der Waals surface area (Å²) in [5.41, 5.74) is 0. The maximum atomic E-state index is 12.8. The Balaban J connectivity index is 1.77. The summed E-state index contributed by atoms with van der Waals surface area (Å²) >= 11 is 5.87. The Labute approximate surface area is 106 Å². The van der Waals surface area contributed by atoms with Gasteiger partial charge in [0.1, 0.15) is 11.6 Å². The second kappa shape index (κ2) is 6.22. The van der Waals surface area contributed by atoms with Gasteiger partial charge in [-0.05, 0) is 44.0 Å². The van der Waals surface area contributed by atoms with Crippen LogP contribution in [0.5, 0.6) is 5.75 Å². The highest BCUT2D eigenvalue weighted by Crippen LogP contribution is 2.25. The van der Waals surface area contributed by atoms with Crippen molar-refractivity contribution in [3.8, 4) is 5.75 Å². The van der Waals surface area contributed by atoms with Crippen LogP contribution in [0.15, 0.2) is 18.2 Å².